The number of anilines is 2. The van der Waals surface area contributed by atoms with Crippen LogP contribution in [0.1, 0.15) is 32.3 Å². The molecule has 2 aromatic carbocycles. The second-order valence-electron chi connectivity index (χ2n) is 10.6. The molecule has 218 valence electrons. The predicted octanol–water partition coefficient (Wildman–Crippen LogP) is 4.18. The molecule has 1 aliphatic heterocycles. The van der Waals surface area contributed by atoms with E-state index in [1.54, 1.807) is 23.2 Å². The van der Waals surface area contributed by atoms with E-state index >= 15 is 0 Å². The summed E-state index contributed by atoms with van der Waals surface area (Å²) < 4.78 is 31.6. The molecule has 0 bridgehead atoms. The highest BCUT2D eigenvalue weighted by Crippen LogP contribution is 2.26. The van der Waals surface area contributed by atoms with E-state index in [0.717, 1.165) is 17.1 Å². The number of nitrogens with zero attached hydrogens (tertiary/aromatic N) is 4. The fourth-order valence-corrected chi connectivity index (χ4v) is 6.13. The van der Waals surface area contributed by atoms with E-state index in [1.165, 1.54) is 19.2 Å². The Bertz CT molecular complexity index is 1430. The van der Waals surface area contributed by atoms with E-state index in [4.69, 9.17) is 4.74 Å². The minimum absolute atomic E-state index is 0.0241. The molecule has 10 heteroatoms. The van der Waals surface area contributed by atoms with Crippen LogP contribution in [0.4, 0.5) is 11.5 Å². The van der Waals surface area contributed by atoms with Gasteiger partial charge in [-0.25, -0.2) is 13.4 Å². The van der Waals surface area contributed by atoms with Gasteiger partial charge in [0.2, 0.25) is 11.8 Å². The Hall–Kier alpha value is -3.92. The second-order valence-corrected chi connectivity index (χ2v) is 12.5. The minimum atomic E-state index is -3.90. The third-order valence-electron chi connectivity index (χ3n) is 7.04. The van der Waals surface area contributed by atoms with E-state index in [0.29, 0.717) is 44.8 Å². The van der Waals surface area contributed by atoms with Gasteiger partial charge in [0.05, 0.1) is 12.0 Å². The van der Waals surface area contributed by atoms with Crippen molar-refractivity contribution in [2.45, 2.75) is 38.1 Å². The Morgan fingerprint density at radius 3 is 2.32 bits per heavy atom. The van der Waals surface area contributed by atoms with Crippen molar-refractivity contribution in [2.75, 3.05) is 48.8 Å². The molecule has 0 saturated carbocycles. The van der Waals surface area contributed by atoms with Crippen molar-refractivity contribution < 1.29 is 22.7 Å². The van der Waals surface area contributed by atoms with E-state index in [-0.39, 0.29) is 23.3 Å². The average Bonchev–Trinajstić information content (AvgIpc) is 2.99. The third kappa shape index (κ3) is 7.85. The van der Waals surface area contributed by atoms with Gasteiger partial charge >= 0.3 is 0 Å². The standard InChI is InChI=1S/C31H38N4O5S/c1-24(2)21-30(36)35-18-8-17-33(29-11-6-7-16-32-29)19-20-34(22-25-9-4-5-10-28(25)35)31(37)23-41(38,39)27-14-12-26(40-3)13-15-27/h4-7,9-16,24H,8,17-23H2,1-3H3. The molecule has 0 saturated heterocycles. The van der Waals surface area contributed by atoms with E-state index < -0.39 is 21.5 Å². The van der Waals surface area contributed by atoms with Crippen LogP contribution in [0.25, 0.3) is 0 Å². The SMILES string of the molecule is COc1ccc(S(=O)(=O)CC(=O)N2CCN(c3ccccn3)CCCN(C(=O)CC(C)C)c3ccccc3C2)cc1. The number of ether oxygens (including phenoxy) is 1. The molecule has 2 heterocycles. The van der Waals surface area contributed by atoms with Gasteiger partial charge in [-0.15, -0.1) is 0 Å². The van der Waals surface area contributed by atoms with Crippen LogP contribution >= 0.6 is 0 Å². The van der Waals surface area contributed by atoms with Crippen LogP contribution in [-0.4, -0.2) is 69.2 Å². The lowest BCUT2D eigenvalue weighted by Gasteiger charge is -2.28. The maximum Gasteiger partial charge on any atom is 0.238 e. The summed E-state index contributed by atoms with van der Waals surface area (Å²) in [5, 5.41) is 0. The number of sulfone groups is 1. The Morgan fingerprint density at radius 2 is 1.63 bits per heavy atom. The summed E-state index contributed by atoms with van der Waals surface area (Å²) in [7, 11) is -2.39. The van der Waals surface area contributed by atoms with Crippen molar-refractivity contribution in [3.8, 4) is 5.75 Å². The largest absolute Gasteiger partial charge is 0.497 e. The molecule has 3 aromatic rings. The molecule has 9 nitrogen and oxygen atoms in total. The van der Waals surface area contributed by atoms with Gasteiger partial charge in [0.15, 0.2) is 9.84 Å². The smallest absolute Gasteiger partial charge is 0.238 e. The van der Waals surface area contributed by atoms with Crippen LogP contribution in [0.15, 0.2) is 77.8 Å². The summed E-state index contributed by atoms with van der Waals surface area (Å²) in [6.45, 7) is 6.11. The average molecular weight is 579 g/mol. The monoisotopic (exact) mass is 578 g/mol. The molecule has 41 heavy (non-hydrogen) atoms. The molecular weight excluding hydrogens is 540 g/mol. The minimum Gasteiger partial charge on any atom is -0.497 e. The number of methoxy groups -OCH3 is 1. The molecule has 4 rings (SSSR count). The highest BCUT2D eigenvalue weighted by molar-refractivity contribution is 7.92. The van der Waals surface area contributed by atoms with Crippen LogP contribution in [0.5, 0.6) is 5.75 Å². The first-order chi connectivity index (χ1) is 19.7. The maximum atomic E-state index is 13.7. The Balaban J connectivity index is 1.67. The van der Waals surface area contributed by atoms with Crippen molar-refractivity contribution in [3.63, 3.8) is 0 Å². The van der Waals surface area contributed by atoms with Gasteiger partial charge < -0.3 is 19.4 Å². The van der Waals surface area contributed by atoms with Gasteiger partial charge in [0.25, 0.3) is 0 Å². The lowest BCUT2D eigenvalue weighted by molar-refractivity contribution is -0.129. The normalized spacial score (nSPS) is 14.8. The number of para-hydroxylation sites is 1. The summed E-state index contributed by atoms with van der Waals surface area (Å²) in [6.07, 6.45) is 2.83. The fraction of sp³-hybridized carbons (Fsp3) is 0.387. The quantitative estimate of drug-likeness (QED) is 0.415. The van der Waals surface area contributed by atoms with E-state index in [9.17, 15) is 18.0 Å². The zero-order chi connectivity index (χ0) is 29.4. The summed E-state index contributed by atoms with van der Waals surface area (Å²) in [6, 6.07) is 19.3. The first-order valence-corrected chi connectivity index (χ1v) is 15.5. The van der Waals surface area contributed by atoms with Gasteiger partial charge in [-0.1, -0.05) is 38.1 Å². The zero-order valence-electron chi connectivity index (χ0n) is 23.9. The lowest BCUT2D eigenvalue weighted by Crippen LogP contribution is -2.41. The number of hydrogen-bond donors (Lipinski definition) is 0. The molecule has 0 atom stereocenters. The van der Waals surface area contributed by atoms with Crippen LogP contribution in [0, 0.1) is 5.92 Å². The van der Waals surface area contributed by atoms with Crippen LogP contribution < -0.4 is 14.5 Å². The molecule has 0 spiro atoms. The number of aromatic nitrogens is 1. The predicted molar refractivity (Wildman–Crippen MR) is 160 cm³/mol. The molecule has 1 aromatic heterocycles. The number of carbonyl (C=O) groups excluding carboxylic acids is 2. The van der Waals surface area contributed by atoms with Gasteiger partial charge in [-0.2, -0.15) is 0 Å². The van der Waals surface area contributed by atoms with Crippen LogP contribution in [0.2, 0.25) is 0 Å². The highest BCUT2D eigenvalue weighted by Gasteiger charge is 2.27. The topological polar surface area (TPSA) is 100 Å². The summed E-state index contributed by atoms with van der Waals surface area (Å²) >= 11 is 0. The molecule has 0 aliphatic carbocycles. The first-order valence-electron chi connectivity index (χ1n) is 13.9. The Labute approximate surface area is 242 Å². The first kappa shape index (κ1) is 30.0. The van der Waals surface area contributed by atoms with Gasteiger partial charge in [0.1, 0.15) is 17.3 Å². The van der Waals surface area contributed by atoms with Gasteiger partial charge in [-0.05, 0) is 60.4 Å². The lowest BCUT2D eigenvalue weighted by atomic mass is 10.1. The van der Waals surface area contributed by atoms with E-state index in [1.807, 2.05) is 61.2 Å². The molecule has 2 amide bonds. The van der Waals surface area contributed by atoms with Gasteiger partial charge in [-0.3, -0.25) is 9.59 Å². The number of benzene rings is 2. The van der Waals surface area contributed by atoms with Gasteiger partial charge in [0, 0.05) is 51.0 Å². The number of carbonyl (C=O) groups is 2. The number of hydrogen-bond acceptors (Lipinski definition) is 7. The molecule has 1 aliphatic rings. The molecular formula is C31H38N4O5S. The summed E-state index contributed by atoms with van der Waals surface area (Å²) in [5.41, 5.74) is 1.55. The summed E-state index contributed by atoms with van der Waals surface area (Å²) in [5.74, 6) is 0.347. The summed E-state index contributed by atoms with van der Waals surface area (Å²) in [4.78, 5) is 37.1. The number of amides is 2. The third-order valence-corrected chi connectivity index (χ3v) is 8.65. The number of fused-ring (bicyclic) bond motifs is 1. The van der Waals surface area contributed by atoms with Crippen molar-refractivity contribution >= 4 is 33.2 Å². The second kappa shape index (κ2) is 13.6. The molecule has 0 unspecified atom stereocenters. The number of pyridine rings is 1. The van der Waals surface area contributed by atoms with Crippen LogP contribution in [0.3, 0.4) is 0 Å². The maximum absolute atomic E-state index is 13.7. The number of rotatable bonds is 7. The van der Waals surface area contributed by atoms with Crippen molar-refractivity contribution in [3.05, 3.63) is 78.5 Å². The highest BCUT2D eigenvalue weighted by atomic mass is 32.2. The molecule has 0 radical (unpaired) electrons. The van der Waals surface area contributed by atoms with E-state index in [2.05, 4.69) is 9.88 Å². The molecule has 0 fully saturated rings. The van der Waals surface area contributed by atoms with Crippen molar-refractivity contribution in [1.29, 1.82) is 0 Å². The zero-order valence-corrected chi connectivity index (χ0v) is 24.7. The Morgan fingerprint density at radius 1 is 0.902 bits per heavy atom. The molecule has 0 N–H and O–H groups in total. The fourth-order valence-electron chi connectivity index (χ4n) is 4.91. The van der Waals surface area contributed by atoms with Crippen molar-refractivity contribution in [2.24, 2.45) is 5.92 Å². The van der Waals surface area contributed by atoms with Crippen LogP contribution in [-0.2, 0) is 26.0 Å². The van der Waals surface area contributed by atoms with Crippen molar-refractivity contribution in [1.82, 2.24) is 9.88 Å². The Kier molecular flexibility index (Phi) is 9.99.